The van der Waals surface area contributed by atoms with E-state index in [0.717, 1.165) is 42.0 Å². The maximum Gasteiger partial charge on any atom is 0.327 e. The zero-order chi connectivity index (χ0) is 31.3. The van der Waals surface area contributed by atoms with E-state index in [4.69, 9.17) is 4.74 Å². The summed E-state index contributed by atoms with van der Waals surface area (Å²) in [6.45, 7) is 7.13. The Hall–Kier alpha value is -3.76. The number of likely N-dealkylation sites (tertiary alicyclic amines) is 2. The maximum atomic E-state index is 14.1. The van der Waals surface area contributed by atoms with Crippen molar-refractivity contribution in [2.45, 2.75) is 64.3 Å². The second-order valence-electron chi connectivity index (χ2n) is 12.1. The summed E-state index contributed by atoms with van der Waals surface area (Å²) in [6, 6.07) is 18.7. The SMILES string of the molecule is CCC1(CC)C(=O)N(C(=O)N[C@@H]2CCCN2C(=O)C(c2ccccc2)c2ccccc2)C1OCC(=O)N1CCCN(C)CC1. The lowest BCUT2D eigenvalue weighted by atomic mass is 9.72. The molecule has 0 saturated carbocycles. The molecular formula is C34H45N5O5. The Bertz CT molecular complexity index is 1280. The minimum absolute atomic E-state index is 0.0990. The van der Waals surface area contributed by atoms with Crippen molar-refractivity contribution < 1.29 is 23.9 Å². The van der Waals surface area contributed by atoms with Crippen molar-refractivity contribution in [2.24, 2.45) is 5.41 Å². The Kier molecular flexibility index (Phi) is 10.0. The number of amides is 5. The minimum atomic E-state index is -0.868. The number of benzene rings is 2. The van der Waals surface area contributed by atoms with E-state index >= 15 is 0 Å². The van der Waals surface area contributed by atoms with Crippen LogP contribution in [0.5, 0.6) is 0 Å². The third kappa shape index (κ3) is 6.23. The van der Waals surface area contributed by atoms with Crippen molar-refractivity contribution in [3.63, 3.8) is 0 Å². The fourth-order valence-corrected chi connectivity index (χ4v) is 6.83. The highest BCUT2D eigenvalue weighted by Crippen LogP contribution is 2.46. The quantitative estimate of drug-likeness (QED) is 0.440. The number of hydrogen-bond acceptors (Lipinski definition) is 6. The molecule has 236 valence electrons. The number of hydrogen-bond donors (Lipinski definition) is 1. The predicted octanol–water partition coefficient (Wildman–Crippen LogP) is 3.63. The molecule has 0 aliphatic carbocycles. The van der Waals surface area contributed by atoms with Gasteiger partial charge in [0.1, 0.15) is 12.8 Å². The van der Waals surface area contributed by atoms with Crippen molar-refractivity contribution in [3.05, 3.63) is 71.8 Å². The van der Waals surface area contributed by atoms with Gasteiger partial charge in [0.25, 0.3) is 0 Å². The zero-order valence-electron chi connectivity index (χ0n) is 26.1. The molecular weight excluding hydrogens is 558 g/mol. The molecule has 3 aliphatic heterocycles. The van der Waals surface area contributed by atoms with E-state index in [0.29, 0.717) is 38.9 Å². The summed E-state index contributed by atoms with van der Waals surface area (Å²) >= 11 is 0. The first-order chi connectivity index (χ1) is 21.3. The summed E-state index contributed by atoms with van der Waals surface area (Å²) in [5.41, 5.74) is 0.889. The number of carbonyl (C=O) groups excluding carboxylic acids is 4. The molecule has 0 bridgehead atoms. The molecule has 3 saturated heterocycles. The lowest BCUT2D eigenvalue weighted by Gasteiger charge is -2.53. The van der Waals surface area contributed by atoms with Gasteiger partial charge in [-0.1, -0.05) is 74.5 Å². The topological polar surface area (TPSA) is 102 Å². The van der Waals surface area contributed by atoms with Gasteiger partial charge in [0, 0.05) is 26.2 Å². The van der Waals surface area contributed by atoms with Crippen LogP contribution in [0.4, 0.5) is 4.79 Å². The molecule has 0 radical (unpaired) electrons. The molecule has 0 aromatic heterocycles. The van der Waals surface area contributed by atoms with Gasteiger partial charge in [-0.2, -0.15) is 0 Å². The summed E-state index contributed by atoms with van der Waals surface area (Å²) in [6.07, 6.45) is 1.76. The van der Waals surface area contributed by atoms with Crippen LogP contribution in [-0.2, 0) is 19.1 Å². The third-order valence-corrected chi connectivity index (χ3v) is 9.61. The summed E-state index contributed by atoms with van der Waals surface area (Å²) in [5, 5.41) is 2.97. The van der Waals surface area contributed by atoms with Crippen LogP contribution in [-0.4, -0.2) is 102 Å². The molecule has 10 nitrogen and oxygen atoms in total. The Morgan fingerprint density at radius 3 is 2.14 bits per heavy atom. The van der Waals surface area contributed by atoms with Crippen LogP contribution in [0.25, 0.3) is 0 Å². The van der Waals surface area contributed by atoms with Crippen molar-refractivity contribution in [3.8, 4) is 0 Å². The highest BCUT2D eigenvalue weighted by Gasteiger charge is 2.62. The summed E-state index contributed by atoms with van der Waals surface area (Å²) < 4.78 is 6.11. The number of nitrogens with zero attached hydrogens (tertiary/aromatic N) is 4. The second-order valence-corrected chi connectivity index (χ2v) is 12.1. The number of nitrogens with one attached hydrogen (secondary N) is 1. The highest BCUT2D eigenvalue weighted by atomic mass is 16.5. The summed E-state index contributed by atoms with van der Waals surface area (Å²) in [4.78, 5) is 61.2. The fraction of sp³-hybridized carbons (Fsp3) is 0.529. The van der Waals surface area contributed by atoms with Crippen molar-refractivity contribution in [1.82, 2.24) is 24.9 Å². The monoisotopic (exact) mass is 603 g/mol. The highest BCUT2D eigenvalue weighted by molar-refractivity contribution is 6.03. The van der Waals surface area contributed by atoms with Crippen molar-refractivity contribution >= 4 is 23.8 Å². The van der Waals surface area contributed by atoms with Gasteiger partial charge in [-0.25, -0.2) is 9.69 Å². The van der Waals surface area contributed by atoms with E-state index in [1.54, 1.807) is 9.80 Å². The van der Waals surface area contributed by atoms with E-state index < -0.39 is 29.8 Å². The predicted molar refractivity (Wildman–Crippen MR) is 166 cm³/mol. The van der Waals surface area contributed by atoms with Gasteiger partial charge >= 0.3 is 6.03 Å². The van der Waals surface area contributed by atoms with Gasteiger partial charge in [0.05, 0.1) is 11.3 Å². The Labute approximate surface area is 260 Å². The standard InChI is InChI=1S/C34H45N5O5/c1-4-34(5-2)31(42)39(32(34)44-24-28(40)37-20-13-19-36(3)22-23-37)33(43)35-27-18-12-21-38(27)30(41)29(25-14-8-6-9-15-25)26-16-10-7-11-17-26/h6-11,14-17,27,29,32H,4-5,12-13,18-24H2,1-3H3,(H,35,43)/t27-,32?/m0/s1. The second kappa shape index (κ2) is 13.9. The number of likely N-dealkylation sites (N-methyl/N-ethyl adjacent to an activating group) is 1. The lowest BCUT2D eigenvalue weighted by molar-refractivity contribution is -0.212. The number of ether oxygens (including phenoxy) is 1. The van der Waals surface area contributed by atoms with Crippen molar-refractivity contribution in [1.29, 1.82) is 0 Å². The molecule has 5 rings (SSSR count). The van der Waals surface area contributed by atoms with Crippen LogP contribution in [0.15, 0.2) is 60.7 Å². The van der Waals surface area contributed by atoms with Crippen LogP contribution in [0, 0.1) is 5.41 Å². The molecule has 10 heteroatoms. The molecule has 44 heavy (non-hydrogen) atoms. The molecule has 3 aliphatic rings. The van der Waals surface area contributed by atoms with Gasteiger partial charge < -0.3 is 24.8 Å². The molecule has 2 aromatic carbocycles. The zero-order valence-corrected chi connectivity index (χ0v) is 26.1. The van der Waals surface area contributed by atoms with E-state index in [9.17, 15) is 19.2 Å². The average Bonchev–Trinajstić information content (AvgIpc) is 3.39. The van der Waals surface area contributed by atoms with E-state index in [2.05, 4.69) is 10.2 Å². The number of imide groups is 1. The number of carbonyl (C=O) groups is 4. The van der Waals surface area contributed by atoms with Gasteiger partial charge in [-0.05, 0) is 56.8 Å². The molecule has 3 heterocycles. The molecule has 1 N–H and O–H groups in total. The van der Waals surface area contributed by atoms with Crippen LogP contribution in [0.1, 0.15) is 63.0 Å². The third-order valence-electron chi connectivity index (χ3n) is 9.61. The van der Waals surface area contributed by atoms with Crippen LogP contribution < -0.4 is 5.32 Å². The molecule has 2 atom stereocenters. The first-order valence-electron chi connectivity index (χ1n) is 15.9. The first kappa shape index (κ1) is 31.7. The smallest absolute Gasteiger partial charge is 0.327 e. The van der Waals surface area contributed by atoms with Gasteiger partial charge in [-0.15, -0.1) is 0 Å². The molecule has 3 fully saturated rings. The largest absolute Gasteiger partial charge is 0.347 e. The first-order valence-corrected chi connectivity index (χ1v) is 15.9. The average molecular weight is 604 g/mol. The lowest BCUT2D eigenvalue weighted by Crippen LogP contribution is -2.73. The number of β-lactam (4-membered cyclic amide) rings is 1. The molecule has 2 aromatic rings. The van der Waals surface area contributed by atoms with Crippen molar-refractivity contribution in [2.75, 3.05) is 46.4 Å². The molecule has 0 spiro atoms. The van der Waals surface area contributed by atoms with Crippen LogP contribution in [0.2, 0.25) is 0 Å². The Morgan fingerprint density at radius 2 is 1.52 bits per heavy atom. The normalized spacial score (nSPS) is 22.1. The van der Waals surface area contributed by atoms with E-state index in [-0.39, 0.29) is 24.3 Å². The molecule has 1 unspecified atom stereocenters. The fourth-order valence-electron chi connectivity index (χ4n) is 6.83. The Morgan fingerprint density at radius 1 is 0.886 bits per heavy atom. The van der Waals surface area contributed by atoms with E-state index in [1.165, 1.54) is 0 Å². The number of urea groups is 1. The Balaban J connectivity index is 1.29. The summed E-state index contributed by atoms with van der Waals surface area (Å²) in [7, 11) is 2.04. The van der Waals surface area contributed by atoms with Crippen LogP contribution >= 0.6 is 0 Å². The minimum Gasteiger partial charge on any atom is -0.347 e. The van der Waals surface area contributed by atoms with Gasteiger partial charge in [-0.3, -0.25) is 14.4 Å². The maximum absolute atomic E-state index is 14.1. The van der Waals surface area contributed by atoms with E-state index in [1.807, 2.05) is 81.6 Å². The number of rotatable bonds is 9. The summed E-state index contributed by atoms with van der Waals surface area (Å²) in [5.74, 6) is -1.06. The van der Waals surface area contributed by atoms with Gasteiger partial charge in [0.15, 0.2) is 6.23 Å². The molecule has 5 amide bonds. The van der Waals surface area contributed by atoms with Crippen LogP contribution in [0.3, 0.4) is 0 Å². The van der Waals surface area contributed by atoms with Gasteiger partial charge in [0.2, 0.25) is 17.7 Å².